The summed E-state index contributed by atoms with van der Waals surface area (Å²) in [5, 5.41) is 7.47. The summed E-state index contributed by atoms with van der Waals surface area (Å²) in [5.74, 6) is 0.384. The number of hydrogen-bond acceptors (Lipinski definition) is 2. The quantitative estimate of drug-likeness (QED) is 0.653. The van der Waals surface area contributed by atoms with Crippen LogP contribution < -0.4 is 10.5 Å². The number of aryl methyl sites for hydroxylation is 1. The Kier molecular flexibility index (Phi) is 3.51. The van der Waals surface area contributed by atoms with Crippen molar-refractivity contribution < 1.29 is 9.13 Å². The summed E-state index contributed by atoms with van der Waals surface area (Å²) in [5.41, 5.74) is 7.79. The lowest BCUT2D eigenvalue weighted by molar-refractivity contribution is 0.475. The van der Waals surface area contributed by atoms with Gasteiger partial charge in [-0.05, 0) is 49.2 Å². The minimum atomic E-state index is -0.446. The zero-order chi connectivity index (χ0) is 14.0. The van der Waals surface area contributed by atoms with Crippen LogP contribution in [0.5, 0.6) is 11.5 Å². The Morgan fingerprint density at radius 1 is 1.16 bits per heavy atom. The van der Waals surface area contributed by atoms with E-state index in [1.165, 1.54) is 18.2 Å². The summed E-state index contributed by atoms with van der Waals surface area (Å²) in [6, 6.07) is 9.66. The molecule has 0 aliphatic carbocycles. The van der Waals surface area contributed by atoms with E-state index >= 15 is 0 Å². The van der Waals surface area contributed by atoms with Crippen LogP contribution in [0.1, 0.15) is 16.7 Å². The lowest BCUT2D eigenvalue weighted by Crippen LogP contribution is -2.12. The highest BCUT2D eigenvalue weighted by Gasteiger charge is 2.11. The van der Waals surface area contributed by atoms with Gasteiger partial charge in [-0.15, -0.1) is 0 Å². The molecule has 0 fully saturated rings. The van der Waals surface area contributed by atoms with Crippen molar-refractivity contribution in [3.8, 4) is 11.5 Å². The third kappa shape index (κ3) is 2.73. The van der Waals surface area contributed by atoms with Crippen LogP contribution in [-0.4, -0.2) is 5.84 Å². The fraction of sp³-hybridized carbons (Fsp3) is 0.133. The van der Waals surface area contributed by atoms with Crippen LogP contribution in [0.4, 0.5) is 4.39 Å². The summed E-state index contributed by atoms with van der Waals surface area (Å²) in [7, 11) is 0. The monoisotopic (exact) mass is 258 g/mol. The highest BCUT2D eigenvalue weighted by Crippen LogP contribution is 2.29. The minimum absolute atomic E-state index is 0.222. The van der Waals surface area contributed by atoms with Gasteiger partial charge in [0.25, 0.3) is 0 Å². The van der Waals surface area contributed by atoms with Gasteiger partial charge in [-0.1, -0.05) is 12.1 Å². The maximum absolute atomic E-state index is 13.2. The Morgan fingerprint density at radius 2 is 1.89 bits per heavy atom. The smallest absolute Gasteiger partial charge is 0.138 e. The molecule has 0 heterocycles. The van der Waals surface area contributed by atoms with Gasteiger partial charge in [-0.25, -0.2) is 4.39 Å². The topological polar surface area (TPSA) is 59.1 Å². The van der Waals surface area contributed by atoms with E-state index in [1.54, 1.807) is 0 Å². The molecule has 4 heteroatoms. The standard InChI is InChI=1S/C15H15FN2O/c1-9-4-3-5-13(10(9)2)19-14-7-6-11(16)8-12(14)15(17)18/h3-8H,1-2H3,(H3,17,18). The minimum Gasteiger partial charge on any atom is -0.456 e. The van der Waals surface area contributed by atoms with E-state index in [2.05, 4.69) is 0 Å². The Balaban J connectivity index is 2.44. The van der Waals surface area contributed by atoms with Crippen LogP contribution in [0.3, 0.4) is 0 Å². The number of nitrogen functional groups attached to an aromatic ring is 1. The fourth-order valence-electron chi connectivity index (χ4n) is 1.75. The van der Waals surface area contributed by atoms with E-state index in [0.29, 0.717) is 11.5 Å². The molecule has 19 heavy (non-hydrogen) atoms. The van der Waals surface area contributed by atoms with Crippen LogP contribution in [0, 0.1) is 25.1 Å². The van der Waals surface area contributed by atoms with E-state index in [4.69, 9.17) is 15.9 Å². The van der Waals surface area contributed by atoms with Gasteiger partial charge < -0.3 is 10.5 Å². The third-order valence-corrected chi connectivity index (χ3v) is 3.01. The van der Waals surface area contributed by atoms with E-state index in [0.717, 1.165) is 11.1 Å². The van der Waals surface area contributed by atoms with Crippen molar-refractivity contribution in [1.29, 1.82) is 5.41 Å². The Bertz CT molecular complexity index is 638. The van der Waals surface area contributed by atoms with E-state index in [1.807, 2.05) is 32.0 Å². The fourth-order valence-corrected chi connectivity index (χ4v) is 1.75. The largest absolute Gasteiger partial charge is 0.456 e. The van der Waals surface area contributed by atoms with E-state index in [-0.39, 0.29) is 11.4 Å². The second-order valence-corrected chi connectivity index (χ2v) is 4.35. The molecule has 0 atom stereocenters. The predicted octanol–water partition coefficient (Wildman–Crippen LogP) is 3.52. The molecule has 0 saturated heterocycles. The number of ether oxygens (including phenoxy) is 1. The van der Waals surface area contributed by atoms with Crippen molar-refractivity contribution in [3.63, 3.8) is 0 Å². The molecule has 2 rings (SSSR count). The molecule has 2 aromatic carbocycles. The lowest BCUT2D eigenvalue weighted by Gasteiger charge is -2.13. The molecule has 0 bridgehead atoms. The van der Waals surface area contributed by atoms with Gasteiger partial charge in [0.15, 0.2) is 0 Å². The average Bonchev–Trinajstić information content (AvgIpc) is 2.36. The number of rotatable bonds is 3. The first-order valence-corrected chi connectivity index (χ1v) is 5.87. The van der Waals surface area contributed by atoms with Crippen molar-refractivity contribution in [3.05, 3.63) is 58.9 Å². The predicted molar refractivity (Wildman–Crippen MR) is 73.4 cm³/mol. The van der Waals surface area contributed by atoms with Gasteiger partial charge in [0.1, 0.15) is 23.2 Å². The third-order valence-electron chi connectivity index (χ3n) is 3.01. The number of benzene rings is 2. The first kappa shape index (κ1) is 13.1. The number of halogens is 1. The van der Waals surface area contributed by atoms with Crippen molar-refractivity contribution in [2.24, 2.45) is 5.73 Å². The van der Waals surface area contributed by atoms with Crippen LogP contribution in [0.25, 0.3) is 0 Å². The van der Waals surface area contributed by atoms with Gasteiger partial charge >= 0.3 is 0 Å². The van der Waals surface area contributed by atoms with Crippen LogP contribution in [-0.2, 0) is 0 Å². The zero-order valence-corrected chi connectivity index (χ0v) is 10.8. The molecule has 98 valence electrons. The Morgan fingerprint density at radius 3 is 2.58 bits per heavy atom. The van der Waals surface area contributed by atoms with Gasteiger partial charge in [0, 0.05) is 0 Å². The first-order valence-electron chi connectivity index (χ1n) is 5.87. The molecule has 0 saturated carbocycles. The Labute approximate surface area is 111 Å². The summed E-state index contributed by atoms with van der Waals surface area (Å²) >= 11 is 0. The molecule has 0 aromatic heterocycles. The maximum atomic E-state index is 13.2. The molecular weight excluding hydrogens is 243 g/mol. The summed E-state index contributed by atoms with van der Waals surface area (Å²) in [4.78, 5) is 0. The molecule has 0 radical (unpaired) electrons. The molecule has 0 spiro atoms. The SMILES string of the molecule is Cc1cccc(Oc2ccc(F)cc2C(=N)N)c1C. The van der Waals surface area contributed by atoms with Crippen LogP contribution in [0.2, 0.25) is 0 Å². The highest BCUT2D eigenvalue weighted by molar-refractivity contribution is 5.97. The van der Waals surface area contributed by atoms with Crippen molar-refractivity contribution in [2.75, 3.05) is 0 Å². The highest BCUT2D eigenvalue weighted by atomic mass is 19.1. The number of hydrogen-bond donors (Lipinski definition) is 2. The molecule has 3 N–H and O–H groups in total. The summed E-state index contributed by atoms with van der Waals surface area (Å²) in [6.07, 6.45) is 0. The molecule has 0 aliphatic heterocycles. The molecule has 0 amide bonds. The van der Waals surface area contributed by atoms with Gasteiger partial charge in [0.05, 0.1) is 5.56 Å². The molecular formula is C15H15FN2O. The van der Waals surface area contributed by atoms with Crippen molar-refractivity contribution in [2.45, 2.75) is 13.8 Å². The van der Waals surface area contributed by atoms with Crippen molar-refractivity contribution in [1.82, 2.24) is 0 Å². The molecule has 0 aliphatic rings. The number of nitrogens with one attached hydrogen (secondary N) is 1. The van der Waals surface area contributed by atoms with Crippen molar-refractivity contribution >= 4 is 5.84 Å². The van der Waals surface area contributed by atoms with E-state index < -0.39 is 5.82 Å². The average molecular weight is 258 g/mol. The van der Waals surface area contributed by atoms with Gasteiger partial charge in [-0.2, -0.15) is 0 Å². The zero-order valence-electron chi connectivity index (χ0n) is 10.8. The molecule has 2 aromatic rings. The van der Waals surface area contributed by atoms with Gasteiger partial charge in [-0.3, -0.25) is 5.41 Å². The van der Waals surface area contributed by atoms with E-state index in [9.17, 15) is 4.39 Å². The Hall–Kier alpha value is -2.36. The summed E-state index contributed by atoms with van der Waals surface area (Å²) < 4.78 is 18.9. The normalized spacial score (nSPS) is 10.3. The summed E-state index contributed by atoms with van der Waals surface area (Å²) in [6.45, 7) is 3.93. The van der Waals surface area contributed by atoms with Gasteiger partial charge in [0.2, 0.25) is 0 Å². The van der Waals surface area contributed by atoms with Crippen LogP contribution >= 0.6 is 0 Å². The first-order chi connectivity index (χ1) is 8.99. The molecule has 0 unspecified atom stereocenters. The lowest BCUT2D eigenvalue weighted by atomic mass is 10.1. The second kappa shape index (κ2) is 5.10. The maximum Gasteiger partial charge on any atom is 0.138 e. The van der Waals surface area contributed by atoms with Crippen LogP contribution in [0.15, 0.2) is 36.4 Å². The second-order valence-electron chi connectivity index (χ2n) is 4.35. The molecule has 3 nitrogen and oxygen atoms in total. The number of nitrogens with two attached hydrogens (primary N) is 1. The number of amidine groups is 1.